The highest BCUT2D eigenvalue weighted by Gasteiger charge is 2.72. The molecule has 4 aromatic heterocycles. The molecule has 1 unspecified atom stereocenters. The average molecular weight is 779 g/mol. The zero-order valence-corrected chi connectivity index (χ0v) is 33.9. The Balaban J connectivity index is 1.07. The molecular weight excluding hydrogens is 733 g/mol. The maximum absolute atomic E-state index is 7.49. The highest BCUT2D eigenvalue weighted by Crippen LogP contribution is 2.66. The minimum atomic E-state index is -0.633. The van der Waals surface area contributed by atoms with Crippen molar-refractivity contribution in [2.24, 2.45) is 35.5 Å². The highest BCUT2D eigenvalue weighted by molar-refractivity contribution is 6.15. The molecule has 1 atom stereocenters. The number of hydrogen-bond acceptors (Lipinski definition) is 1. The van der Waals surface area contributed by atoms with E-state index in [4.69, 9.17) is 4.74 Å². The third kappa shape index (κ3) is 3.07. The molecular formula is C55H46N4O+2. The van der Waals surface area contributed by atoms with Crippen LogP contribution >= 0.6 is 0 Å². The Morgan fingerprint density at radius 3 is 1.85 bits per heavy atom. The Kier molecular flexibility index (Phi) is 4.79. The summed E-state index contributed by atoms with van der Waals surface area (Å²) in [7, 11) is 0. The minimum absolute atomic E-state index is 0.225. The van der Waals surface area contributed by atoms with Crippen LogP contribution in [0.1, 0.15) is 99.3 Å². The predicted octanol–water partition coefficient (Wildman–Crippen LogP) is 11.4. The topological polar surface area (TPSA) is 26.8 Å². The molecule has 60 heavy (non-hydrogen) atoms. The predicted molar refractivity (Wildman–Crippen MR) is 232 cm³/mol. The summed E-state index contributed by atoms with van der Waals surface area (Å²) in [5.41, 5.74) is 16.5. The van der Waals surface area contributed by atoms with Gasteiger partial charge in [-0.2, -0.15) is 4.57 Å². The Labute approximate surface area is 348 Å². The second-order valence-corrected chi connectivity index (χ2v) is 22.2. The zero-order valence-electron chi connectivity index (χ0n) is 33.9. The fourth-order valence-corrected chi connectivity index (χ4v) is 18.4. The maximum atomic E-state index is 7.49. The summed E-state index contributed by atoms with van der Waals surface area (Å²) in [5.74, 6) is 7.30. The second kappa shape index (κ2) is 9.39. The van der Waals surface area contributed by atoms with Crippen molar-refractivity contribution in [1.82, 2.24) is 9.13 Å². The van der Waals surface area contributed by atoms with Gasteiger partial charge in [-0.25, -0.2) is 0 Å². The van der Waals surface area contributed by atoms with Crippen LogP contribution in [0.4, 0.5) is 0 Å². The number of pyridine rings is 2. The summed E-state index contributed by atoms with van der Waals surface area (Å²) >= 11 is 0. The van der Waals surface area contributed by atoms with Gasteiger partial charge >= 0.3 is 17.2 Å². The molecule has 0 N–H and O–H groups in total. The van der Waals surface area contributed by atoms with Crippen molar-refractivity contribution in [2.75, 3.05) is 0 Å². The monoisotopic (exact) mass is 778 g/mol. The van der Waals surface area contributed by atoms with Crippen LogP contribution in [-0.2, 0) is 16.5 Å². The Morgan fingerprint density at radius 2 is 1.13 bits per heavy atom. The van der Waals surface area contributed by atoms with Gasteiger partial charge in [-0.15, -0.1) is 9.13 Å². The van der Waals surface area contributed by atoms with Gasteiger partial charge in [0.05, 0.1) is 28.2 Å². The quantitative estimate of drug-likeness (QED) is 0.161. The number of nitrogens with zero attached hydrogens (tertiary/aromatic N) is 4. The number of aromatic nitrogens is 4. The molecule has 8 aliphatic carbocycles. The standard InChI is InChI=1S/C55H46N4O/c1-3-8-40-36(6-1)37-12-13-43-50-51(37)56(40)42-10-5-11-46-49(42)55(50)58-44(20-35(21-47(58)60-46)53-23-29-14-30(24-53)16-31(15-29)25-53)45-22-39(54-26-32-17-33(27-54)19-34(18-32)28-54)48-38-7-2-4-9-41(38)57(43)52(48)59(45)55/h1-13,20-22,29-34H,14-19,23-28H2/q+2. The van der Waals surface area contributed by atoms with Crippen LogP contribution in [0.2, 0.25) is 0 Å². The molecule has 8 heterocycles. The smallest absolute Gasteiger partial charge is 0.378 e. The lowest BCUT2D eigenvalue weighted by Crippen LogP contribution is -2.75. The third-order valence-electron chi connectivity index (χ3n) is 19.3. The van der Waals surface area contributed by atoms with Gasteiger partial charge in [-0.1, -0.05) is 36.4 Å². The molecule has 4 aliphatic heterocycles. The van der Waals surface area contributed by atoms with Crippen LogP contribution in [-0.4, -0.2) is 9.13 Å². The number of ether oxygens (including phenoxy) is 1. The zero-order chi connectivity index (χ0) is 38.2. The van der Waals surface area contributed by atoms with Gasteiger partial charge in [0.25, 0.3) is 5.69 Å². The summed E-state index contributed by atoms with van der Waals surface area (Å²) in [6.07, 6.45) is 16.9. The van der Waals surface area contributed by atoms with Crippen LogP contribution in [0.5, 0.6) is 11.6 Å². The van der Waals surface area contributed by atoms with Crippen molar-refractivity contribution >= 4 is 43.7 Å². The lowest BCUT2D eigenvalue weighted by molar-refractivity contribution is -0.932. The van der Waals surface area contributed by atoms with Crippen LogP contribution in [0, 0.1) is 35.5 Å². The molecule has 8 saturated carbocycles. The largest absolute Gasteiger partial charge is 0.404 e. The molecule has 0 saturated heterocycles. The van der Waals surface area contributed by atoms with Gasteiger partial charge in [0.2, 0.25) is 5.69 Å². The van der Waals surface area contributed by atoms with E-state index in [2.05, 4.69) is 115 Å². The number of rotatable bonds is 2. The lowest BCUT2D eigenvalue weighted by atomic mass is 9.47. The molecule has 5 nitrogen and oxygen atoms in total. The van der Waals surface area contributed by atoms with Crippen LogP contribution in [0.25, 0.3) is 66.5 Å². The molecule has 8 aromatic rings. The number of hydrogen-bond donors (Lipinski definition) is 0. The first-order valence-electron chi connectivity index (χ1n) is 23.6. The van der Waals surface area contributed by atoms with E-state index in [1.165, 1.54) is 155 Å². The SMILES string of the molecule is c1cc2c3c(c1)-n1c4ccccc4c4ccc5c(c41)C31[n+]3c(cc(C46CC7CC(CC(C7)C4)C6)cc3-c3cc(C46CC7CC(CC(C7)C4)C6)c4c6ccccc6n-5c4[n+]31)O2. The molecule has 5 heteroatoms. The fourth-order valence-electron chi connectivity index (χ4n) is 18.4. The van der Waals surface area contributed by atoms with Crippen molar-refractivity contribution in [3.05, 3.63) is 119 Å². The Morgan fingerprint density at radius 1 is 0.517 bits per heavy atom. The van der Waals surface area contributed by atoms with Gasteiger partial charge < -0.3 is 9.30 Å². The molecule has 12 aliphatic rings. The van der Waals surface area contributed by atoms with E-state index < -0.39 is 5.66 Å². The Hall–Kier alpha value is -5.42. The lowest BCUT2D eigenvalue weighted by Gasteiger charge is -2.57. The molecule has 0 radical (unpaired) electrons. The second-order valence-electron chi connectivity index (χ2n) is 22.2. The van der Waals surface area contributed by atoms with Crippen molar-refractivity contribution in [2.45, 2.75) is 93.5 Å². The minimum Gasteiger partial charge on any atom is -0.404 e. The van der Waals surface area contributed by atoms with Crippen LogP contribution < -0.4 is 13.9 Å². The Bertz CT molecular complexity index is 3380. The molecule has 290 valence electrons. The maximum Gasteiger partial charge on any atom is 0.378 e. The summed E-state index contributed by atoms with van der Waals surface area (Å²) in [4.78, 5) is 0. The van der Waals surface area contributed by atoms with E-state index in [1.54, 1.807) is 11.1 Å². The highest BCUT2D eigenvalue weighted by atomic mass is 16.5. The van der Waals surface area contributed by atoms with Crippen molar-refractivity contribution in [3.63, 3.8) is 0 Å². The first-order chi connectivity index (χ1) is 29.6. The molecule has 1 spiro atoms. The summed E-state index contributed by atoms with van der Waals surface area (Å²) in [5, 5.41) is 5.60. The van der Waals surface area contributed by atoms with Gasteiger partial charge in [-0.05, 0) is 183 Å². The van der Waals surface area contributed by atoms with Gasteiger partial charge in [0.15, 0.2) is 11.4 Å². The summed E-state index contributed by atoms with van der Waals surface area (Å²) < 4.78 is 18.5. The van der Waals surface area contributed by atoms with Crippen LogP contribution in [0.3, 0.4) is 0 Å². The van der Waals surface area contributed by atoms with E-state index in [-0.39, 0.29) is 10.8 Å². The first-order valence-corrected chi connectivity index (χ1v) is 23.6. The van der Waals surface area contributed by atoms with E-state index in [0.717, 1.165) is 47.1 Å². The van der Waals surface area contributed by atoms with Crippen molar-refractivity contribution in [3.8, 4) is 34.4 Å². The van der Waals surface area contributed by atoms with Crippen molar-refractivity contribution in [1.29, 1.82) is 0 Å². The summed E-state index contributed by atoms with van der Waals surface area (Å²) in [6, 6.07) is 38.6. The molecule has 8 fully saturated rings. The first kappa shape index (κ1) is 30.6. The normalized spacial score (nSPS) is 34.2. The number of fused-ring (bicyclic) bond motifs is 9. The number of para-hydroxylation sites is 2. The van der Waals surface area contributed by atoms with Gasteiger partial charge in [0, 0.05) is 22.2 Å². The summed E-state index contributed by atoms with van der Waals surface area (Å²) in [6.45, 7) is 0. The van der Waals surface area contributed by atoms with Gasteiger partial charge in [0.1, 0.15) is 16.6 Å². The molecule has 8 bridgehead atoms. The van der Waals surface area contributed by atoms with Gasteiger partial charge in [-0.3, -0.25) is 0 Å². The average Bonchev–Trinajstić information content (AvgIpc) is 3.87. The van der Waals surface area contributed by atoms with Crippen molar-refractivity contribution < 1.29 is 13.9 Å². The molecule has 0 amide bonds. The fraction of sp³-hybridized carbons (Fsp3) is 0.382. The molecule has 4 aromatic carbocycles. The van der Waals surface area contributed by atoms with E-state index >= 15 is 0 Å². The number of benzene rings is 4. The van der Waals surface area contributed by atoms with E-state index in [0.29, 0.717) is 0 Å². The third-order valence-corrected chi connectivity index (χ3v) is 19.3. The molecule has 20 rings (SSSR count). The van der Waals surface area contributed by atoms with E-state index in [9.17, 15) is 0 Å². The van der Waals surface area contributed by atoms with E-state index in [1.807, 2.05) is 0 Å². The van der Waals surface area contributed by atoms with Crippen LogP contribution in [0.15, 0.2) is 97.1 Å².